The molecule has 1 aromatic heterocycles. The molecular formula is C20H17F2N3O2. The van der Waals surface area contributed by atoms with Crippen molar-refractivity contribution in [3.8, 4) is 5.75 Å². The van der Waals surface area contributed by atoms with E-state index >= 15 is 0 Å². The number of hydrogen-bond donors (Lipinski definition) is 2. The minimum atomic E-state index is -0.858. The van der Waals surface area contributed by atoms with E-state index in [1.165, 1.54) is 12.3 Å². The molecule has 0 spiro atoms. The van der Waals surface area contributed by atoms with Crippen LogP contribution in [0.5, 0.6) is 5.75 Å². The molecule has 1 heterocycles. The molecule has 2 aromatic carbocycles. The average Bonchev–Trinajstić information content (AvgIpc) is 2.66. The normalized spacial score (nSPS) is 10.3. The van der Waals surface area contributed by atoms with Gasteiger partial charge in [0.25, 0.3) is 5.91 Å². The number of amides is 1. The fourth-order valence-corrected chi connectivity index (χ4v) is 2.42. The molecule has 27 heavy (non-hydrogen) atoms. The van der Waals surface area contributed by atoms with Crippen LogP contribution in [0.4, 0.5) is 25.8 Å². The molecule has 1 amide bonds. The van der Waals surface area contributed by atoms with Crippen LogP contribution in [-0.4, -0.2) is 17.5 Å². The van der Waals surface area contributed by atoms with E-state index in [9.17, 15) is 13.6 Å². The average molecular weight is 369 g/mol. The van der Waals surface area contributed by atoms with Gasteiger partial charge in [-0.1, -0.05) is 12.1 Å². The Labute approximate surface area is 155 Å². The van der Waals surface area contributed by atoms with Crippen molar-refractivity contribution in [2.24, 2.45) is 0 Å². The number of nitrogens with zero attached hydrogens (tertiary/aromatic N) is 1. The third-order valence-corrected chi connectivity index (χ3v) is 3.64. The lowest BCUT2D eigenvalue weighted by Gasteiger charge is -2.13. The maximum Gasteiger partial charge on any atom is 0.274 e. The van der Waals surface area contributed by atoms with E-state index in [1.54, 1.807) is 6.07 Å². The van der Waals surface area contributed by atoms with Crippen LogP contribution in [0.2, 0.25) is 0 Å². The van der Waals surface area contributed by atoms with E-state index in [0.29, 0.717) is 24.1 Å². The number of ether oxygens (including phenoxy) is 1. The molecule has 0 fully saturated rings. The number of aromatic nitrogens is 1. The first-order valence-electron chi connectivity index (χ1n) is 8.28. The van der Waals surface area contributed by atoms with Crippen molar-refractivity contribution in [1.29, 1.82) is 0 Å². The Hall–Kier alpha value is -3.48. The zero-order valence-electron chi connectivity index (χ0n) is 14.5. The minimum Gasteiger partial charge on any atom is -0.492 e. The highest BCUT2D eigenvalue weighted by atomic mass is 19.1. The highest BCUT2D eigenvalue weighted by Crippen LogP contribution is 2.27. The summed E-state index contributed by atoms with van der Waals surface area (Å²) < 4.78 is 32.2. The summed E-state index contributed by atoms with van der Waals surface area (Å²) in [5.41, 5.74) is 1.31. The number of carbonyl (C=O) groups is 1. The lowest BCUT2D eigenvalue weighted by molar-refractivity contribution is 0.102. The first-order valence-corrected chi connectivity index (χ1v) is 8.28. The standard InChI is InChI=1S/C20H17F2N3O2/c1-2-27-19-6-4-3-5-17(19)24-14-9-10-23-18(12-14)20(26)25-16-8-7-13(21)11-15(16)22/h3-12H,2H2,1H3,(H,23,24)(H,25,26). The summed E-state index contributed by atoms with van der Waals surface area (Å²) in [5.74, 6) is -1.51. The first-order chi connectivity index (χ1) is 13.1. The molecular weight excluding hydrogens is 352 g/mol. The van der Waals surface area contributed by atoms with E-state index in [2.05, 4.69) is 15.6 Å². The summed E-state index contributed by atoms with van der Waals surface area (Å²) in [5, 5.41) is 5.55. The van der Waals surface area contributed by atoms with Crippen molar-refractivity contribution < 1.29 is 18.3 Å². The molecule has 138 valence electrons. The molecule has 0 bridgehead atoms. The van der Waals surface area contributed by atoms with Gasteiger partial charge in [-0.3, -0.25) is 9.78 Å². The third kappa shape index (κ3) is 4.58. The van der Waals surface area contributed by atoms with Crippen molar-refractivity contribution in [2.75, 3.05) is 17.2 Å². The molecule has 3 rings (SSSR count). The van der Waals surface area contributed by atoms with Gasteiger partial charge < -0.3 is 15.4 Å². The smallest absolute Gasteiger partial charge is 0.274 e. The second-order valence-corrected chi connectivity index (χ2v) is 5.56. The summed E-state index contributed by atoms with van der Waals surface area (Å²) in [6, 6.07) is 13.5. The van der Waals surface area contributed by atoms with Gasteiger partial charge in [0.05, 0.1) is 18.0 Å². The Balaban J connectivity index is 1.78. The second-order valence-electron chi connectivity index (χ2n) is 5.56. The van der Waals surface area contributed by atoms with Crippen LogP contribution in [0.15, 0.2) is 60.8 Å². The van der Waals surface area contributed by atoms with Crippen molar-refractivity contribution in [1.82, 2.24) is 4.98 Å². The van der Waals surface area contributed by atoms with Crippen LogP contribution in [0.3, 0.4) is 0 Å². The second kappa shape index (κ2) is 8.27. The summed E-state index contributed by atoms with van der Waals surface area (Å²) in [6.45, 7) is 2.41. The predicted octanol–water partition coefficient (Wildman–Crippen LogP) is 4.75. The third-order valence-electron chi connectivity index (χ3n) is 3.64. The van der Waals surface area contributed by atoms with Crippen molar-refractivity contribution in [3.63, 3.8) is 0 Å². The summed E-state index contributed by atoms with van der Waals surface area (Å²) in [6.07, 6.45) is 1.46. The van der Waals surface area contributed by atoms with Crippen LogP contribution >= 0.6 is 0 Å². The number of pyridine rings is 1. The van der Waals surface area contributed by atoms with Gasteiger partial charge >= 0.3 is 0 Å². The maximum atomic E-state index is 13.7. The fourth-order valence-electron chi connectivity index (χ4n) is 2.42. The zero-order chi connectivity index (χ0) is 19.2. The Morgan fingerprint density at radius 2 is 1.89 bits per heavy atom. The van der Waals surface area contributed by atoms with Gasteiger partial charge in [0.1, 0.15) is 23.1 Å². The summed E-state index contributed by atoms with van der Waals surface area (Å²) in [4.78, 5) is 16.3. The van der Waals surface area contributed by atoms with E-state index in [1.807, 2.05) is 31.2 Å². The zero-order valence-corrected chi connectivity index (χ0v) is 14.5. The number of carbonyl (C=O) groups excluding carboxylic acids is 1. The van der Waals surface area contributed by atoms with Crippen LogP contribution in [0.25, 0.3) is 0 Å². The van der Waals surface area contributed by atoms with Crippen molar-refractivity contribution in [3.05, 3.63) is 78.1 Å². The van der Waals surface area contributed by atoms with Gasteiger partial charge in [0.2, 0.25) is 0 Å². The van der Waals surface area contributed by atoms with E-state index < -0.39 is 17.5 Å². The van der Waals surface area contributed by atoms with Crippen molar-refractivity contribution in [2.45, 2.75) is 6.92 Å². The molecule has 0 aliphatic rings. The highest BCUT2D eigenvalue weighted by molar-refractivity contribution is 6.03. The molecule has 0 unspecified atom stereocenters. The molecule has 0 radical (unpaired) electrons. The van der Waals surface area contributed by atoms with E-state index in [0.717, 1.165) is 17.8 Å². The quantitative estimate of drug-likeness (QED) is 0.658. The fraction of sp³-hybridized carbons (Fsp3) is 0.100. The topological polar surface area (TPSA) is 63.2 Å². The van der Waals surface area contributed by atoms with Crippen LogP contribution < -0.4 is 15.4 Å². The largest absolute Gasteiger partial charge is 0.492 e. The van der Waals surface area contributed by atoms with Gasteiger partial charge in [0, 0.05) is 18.0 Å². The van der Waals surface area contributed by atoms with Crippen LogP contribution in [0.1, 0.15) is 17.4 Å². The Morgan fingerprint density at radius 1 is 1.07 bits per heavy atom. The Kier molecular flexibility index (Phi) is 5.61. The number of halogens is 2. The SMILES string of the molecule is CCOc1ccccc1Nc1ccnc(C(=O)Nc2ccc(F)cc2F)c1. The van der Waals surface area contributed by atoms with Gasteiger partial charge in [0.15, 0.2) is 0 Å². The molecule has 3 aromatic rings. The van der Waals surface area contributed by atoms with E-state index in [-0.39, 0.29) is 11.4 Å². The first kappa shape index (κ1) is 18.3. The van der Waals surface area contributed by atoms with Gasteiger partial charge in [-0.25, -0.2) is 8.78 Å². The van der Waals surface area contributed by atoms with Crippen LogP contribution in [-0.2, 0) is 0 Å². The van der Waals surface area contributed by atoms with E-state index in [4.69, 9.17) is 4.74 Å². The molecule has 5 nitrogen and oxygen atoms in total. The molecule has 0 aliphatic heterocycles. The molecule has 0 aliphatic carbocycles. The number of rotatable bonds is 6. The monoisotopic (exact) mass is 369 g/mol. The lowest BCUT2D eigenvalue weighted by Crippen LogP contribution is -2.15. The molecule has 2 N–H and O–H groups in total. The van der Waals surface area contributed by atoms with Crippen molar-refractivity contribution >= 4 is 23.0 Å². The minimum absolute atomic E-state index is 0.0811. The molecule has 0 saturated carbocycles. The lowest BCUT2D eigenvalue weighted by atomic mass is 10.2. The summed E-state index contributed by atoms with van der Waals surface area (Å²) >= 11 is 0. The Morgan fingerprint density at radius 3 is 2.67 bits per heavy atom. The van der Waals surface area contributed by atoms with Crippen LogP contribution in [0, 0.1) is 11.6 Å². The number of hydrogen-bond acceptors (Lipinski definition) is 4. The highest BCUT2D eigenvalue weighted by Gasteiger charge is 2.12. The number of benzene rings is 2. The molecule has 0 atom stereocenters. The number of para-hydroxylation sites is 2. The molecule has 0 saturated heterocycles. The predicted molar refractivity (Wildman–Crippen MR) is 99.4 cm³/mol. The Bertz CT molecular complexity index is 963. The maximum absolute atomic E-state index is 13.7. The summed E-state index contributed by atoms with van der Waals surface area (Å²) in [7, 11) is 0. The van der Waals surface area contributed by atoms with Gasteiger partial charge in [-0.2, -0.15) is 0 Å². The van der Waals surface area contributed by atoms with Gasteiger partial charge in [-0.15, -0.1) is 0 Å². The number of nitrogens with one attached hydrogen (secondary N) is 2. The molecule has 7 heteroatoms. The number of anilines is 3. The van der Waals surface area contributed by atoms with Gasteiger partial charge in [-0.05, 0) is 43.3 Å².